The van der Waals surface area contributed by atoms with E-state index in [0.29, 0.717) is 35.8 Å². The summed E-state index contributed by atoms with van der Waals surface area (Å²) in [5, 5.41) is 3.19. The predicted octanol–water partition coefficient (Wildman–Crippen LogP) is 3.22. The van der Waals surface area contributed by atoms with E-state index in [4.69, 9.17) is 16.3 Å². The van der Waals surface area contributed by atoms with E-state index in [-0.39, 0.29) is 16.4 Å². The molecule has 6 nitrogen and oxygen atoms in total. The Kier molecular flexibility index (Phi) is 7.02. The Bertz CT molecular complexity index is 885. The molecule has 0 radical (unpaired) electrons. The van der Waals surface area contributed by atoms with Crippen LogP contribution in [0.2, 0.25) is 5.02 Å². The van der Waals surface area contributed by atoms with Gasteiger partial charge in [0.25, 0.3) is 15.9 Å². The Labute approximate surface area is 158 Å². The number of halogens is 1. The second kappa shape index (κ2) is 9.02. The smallest absolute Gasteiger partial charge is 0.261 e. The van der Waals surface area contributed by atoms with Crippen molar-refractivity contribution in [3.8, 4) is 0 Å². The van der Waals surface area contributed by atoms with Crippen LogP contribution in [0.5, 0.6) is 0 Å². The van der Waals surface area contributed by atoms with Crippen molar-refractivity contribution in [3.63, 3.8) is 0 Å². The lowest BCUT2D eigenvalue weighted by Gasteiger charge is -2.12. The van der Waals surface area contributed by atoms with Gasteiger partial charge in [0.15, 0.2) is 0 Å². The van der Waals surface area contributed by atoms with E-state index in [0.717, 1.165) is 0 Å². The van der Waals surface area contributed by atoms with Gasteiger partial charge < -0.3 is 10.1 Å². The minimum atomic E-state index is -3.85. The zero-order valence-electron chi connectivity index (χ0n) is 14.6. The summed E-state index contributed by atoms with van der Waals surface area (Å²) < 4.78 is 32.7. The predicted molar refractivity (Wildman–Crippen MR) is 102 cm³/mol. The second-order valence-corrected chi connectivity index (χ2v) is 7.74. The monoisotopic (exact) mass is 396 g/mol. The summed E-state index contributed by atoms with van der Waals surface area (Å²) in [4.78, 5) is 12.2. The molecule has 2 aromatic carbocycles. The summed E-state index contributed by atoms with van der Waals surface area (Å²) in [5.74, 6) is -0.336. The van der Waals surface area contributed by atoms with Crippen molar-refractivity contribution in [3.05, 3.63) is 58.6 Å². The molecule has 0 aliphatic heterocycles. The Morgan fingerprint density at radius 2 is 1.92 bits per heavy atom. The van der Waals surface area contributed by atoms with Crippen molar-refractivity contribution in [2.75, 3.05) is 25.0 Å². The average molecular weight is 397 g/mol. The third-order valence-corrected chi connectivity index (χ3v) is 5.50. The molecule has 2 rings (SSSR count). The number of sulfonamides is 1. The molecule has 0 spiro atoms. The highest BCUT2D eigenvalue weighted by molar-refractivity contribution is 7.92. The molecule has 2 aromatic rings. The van der Waals surface area contributed by atoms with Crippen LogP contribution in [0.25, 0.3) is 0 Å². The van der Waals surface area contributed by atoms with Crippen molar-refractivity contribution in [2.24, 2.45) is 0 Å². The first-order valence-corrected chi connectivity index (χ1v) is 9.86. The number of amides is 1. The maximum absolute atomic E-state index is 12.6. The number of ether oxygens (including phenoxy) is 1. The van der Waals surface area contributed by atoms with Crippen molar-refractivity contribution < 1.29 is 17.9 Å². The normalized spacial score (nSPS) is 11.2. The molecule has 8 heteroatoms. The van der Waals surface area contributed by atoms with Gasteiger partial charge in [-0.3, -0.25) is 9.52 Å². The highest BCUT2D eigenvalue weighted by Crippen LogP contribution is 2.25. The molecule has 140 valence electrons. The molecule has 0 atom stereocenters. The number of carbonyl (C=O) groups excluding carboxylic acids is 1. The third-order valence-electron chi connectivity index (χ3n) is 3.73. The fourth-order valence-electron chi connectivity index (χ4n) is 2.25. The molecular formula is C18H21ClN2O4S. The average Bonchev–Trinajstić information content (AvgIpc) is 2.62. The summed E-state index contributed by atoms with van der Waals surface area (Å²) in [7, 11) is -2.26. The van der Waals surface area contributed by atoms with Crippen LogP contribution in [0.1, 0.15) is 22.3 Å². The van der Waals surface area contributed by atoms with Gasteiger partial charge in [-0.1, -0.05) is 23.7 Å². The fraction of sp³-hybridized carbons (Fsp3) is 0.278. The SMILES string of the molecule is COCCCNC(=O)c1cccc(S(=O)(=O)Nc2cccc(Cl)c2C)c1. The molecule has 26 heavy (non-hydrogen) atoms. The first-order chi connectivity index (χ1) is 12.3. The summed E-state index contributed by atoms with van der Waals surface area (Å²) in [6.07, 6.45) is 0.676. The van der Waals surface area contributed by atoms with Gasteiger partial charge in [0, 0.05) is 30.8 Å². The zero-order valence-corrected chi connectivity index (χ0v) is 16.2. The van der Waals surface area contributed by atoms with Crippen LogP contribution in [-0.4, -0.2) is 34.6 Å². The number of carbonyl (C=O) groups is 1. The molecule has 1 amide bonds. The molecule has 0 aliphatic carbocycles. The second-order valence-electron chi connectivity index (χ2n) is 5.65. The summed E-state index contributed by atoms with van der Waals surface area (Å²) >= 11 is 6.03. The van der Waals surface area contributed by atoms with Gasteiger partial charge in [-0.25, -0.2) is 8.42 Å². The molecule has 0 fully saturated rings. The van der Waals surface area contributed by atoms with Crippen LogP contribution in [0, 0.1) is 6.92 Å². The van der Waals surface area contributed by atoms with Crippen molar-refractivity contribution in [1.29, 1.82) is 0 Å². The minimum absolute atomic E-state index is 0.00131. The number of hydrogen-bond donors (Lipinski definition) is 2. The van der Waals surface area contributed by atoms with Crippen molar-refractivity contribution >= 4 is 33.2 Å². The van der Waals surface area contributed by atoms with E-state index in [1.54, 1.807) is 38.3 Å². The van der Waals surface area contributed by atoms with Crippen LogP contribution in [0.4, 0.5) is 5.69 Å². The molecule has 2 N–H and O–H groups in total. The number of rotatable bonds is 8. The summed E-state index contributed by atoms with van der Waals surface area (Å²) in [5.41, 5.74) is 1.30. The van der Waals surface area contributed by atoms with E-state index in [9.17, 15) is 13.2 Å². The molecule has 0 saturated carbocycles. The highest BCUT2D eigenvalue weighted by Gasteiger charge is 2.18. The quantitative estimate of drug-likeness (QED) is 0.671. The number of hydrogen-bond acceptors (Lipinski definition) is 4. The maximum Gasteiger partial charge on any atom is 0.261 e. The molecule has 0 heterocycles. The standard InChI is InChI=1S/C18H21ClN2O4S/c1-13-16(19)8-4-9-17(13)21-26(23,24)15-7-3-6-14(12-15)18(22)20-10-5-11-25-2/h3-4,6-9,12,21H,5,10-11H2,1-2H3,(H,20,22). The topological polar surface area (TPSA) is 84.5 Å². The van der Waals surface area contributed by atoms with Gasteiger partial charge in [0.05, 0.1) is 10.6 Å². The van der Waals surface area contributed by atoms with Gasteiger partial charge >= 0.3 is 0 Å². The molecule has 0 aliphatic rings. The number of nitrogens with one attached hydrogen (secondary N) is 2. The lowest BCUT2D eigenvalue weighted by atomic mass is 10.2. The first kappa shape index (κ1) is 20.2. The van der Waals surface area contributed by atoms with Crippen molar-refractivity contribution in [2.45, 2.75) is 18.2 Å². The molecule has 0 unspecified atom stereocenters. The summed E-state index contributed by atoms with van der Waals surface area (Å²) in [6.45, 7) is 2.71. The molecular weight excluding hydrogens is 376 g/mol. The molecule has 0 bridgehead atoms. The Morgan fingerprint density at radius 3 is 2.65 bits per heavy atom. The first-order valence-electron chi connectivity index (χ1n) is 8.00. The van der Waals surface area contributed by atoms with Gasteiger partial charge in [-0.2, -0.15) is 0 Å². The van der Waals surface area contributed by atoms with Gasteiger partial charge in [-0.05, 0) is 49.2 Å². The zero-order chi connectivity index (χ0) is 19.2. The third kappa shape index (κ3) is 5.20. The largest absolute Gasteiger partial charge is 0.385 e. The van der Waals surface area contributed by atoms with E-state index >= 15 is 0 Å². The Balaban J connectivity index is 2.17. The maximum atomic E-state index is 12.6. The lowest BCUT2D eigenvalue weighted by molar-refractivity contribution is 0.0948. The highest BCUT2D eigenvalue weighted by atomic mass is 35.5. The number of methoxy groups -OCH3 is 1. The molecule has 0 aromatic heterocycles. The van der Waals surface area contributed by atoms with Crippen molar-refractivity contribution in [1.82, 2.24) is 5.32 Å². The van der Waals surface area contributed by atoms with E-state index in [1.165, 1.54) is 18.2 Å². The van der Waals surface area contributed by atoms with Gasteiger partial charge in [0.2, 0.25) is 0 Å². The fourth-order valence-corrected chi connectivity index (χ4v) is 3.59. The van der Waals surface area contributed by atoms with E-state index < -0.39 is 10.0 Å². The Hall–Kier alpha value is -2.09. The van der Waals surface area contributed by atoms with Gasteiger partial charge in [-0.15, -0.1) is 0 Å². The van der Waals surface area contributed by atoms with E-state index in [1.807, 2.05) is 0 Å². The van der Waals surface area contributed by atoms with Crippen LogP contribution in [0.3, 0.4) is 0 Å². The van der Waals surface area contributed by atoms with Crippen LogP contribution >= 0.6 is 11.6 Å². The van der Waals surface area contributed by atoms with Crippen LogP contribution in [0.15, 0.2) is 47.4 Å². The number of anilines is 1. The van der Waals surface area contributed by atoms with E-state index in [2.05, 4.69) is 10.0 Å². The Morgan fingerprint density at radius 1 is 1.19 bits per heavy atom. The minimum Gasteiger partial charge on any atom is -0.385 e. The number of benzene rings is 2. The van der Waals surface area contributed by atoms with Gasteiger partial charge in [0.1, 0.15) is 0 Å². The van der Waals surface area contributed by atoms with Crippen LogP contribution in [-0.2, 0) is 14.8 Å². The molecule has 0 saturated heterocycles. The summed E-state index contributed by atoms with van der Waals surface area (Å²) in [6, 6.07) is 10.8. The van der Waals surface area contributed by atoms with Crippen LogP contribution < -0.4 is 10.0 Å². The lowest BCUT2D eigenvalue weighted by Crippen LogP contribution is -2.25.